The molecule has 0 spiro atoms. The average Bonchev–Trinajstić information content (AvgIpc) is 2.49. The first-order chi connectivity index (χ1) is 9.96. The summed E-state index contributed by atoms with van der Waals surface area (Å²) in [6.07, 6.45) is 4.92. The lowest BCUT2D eigenvalue weighted by Crippen LogP contribution is -2.33. The highest BCUT2D eigenvalue weighted by molar-refractivity contribution is 5.91. The molecule has 2 N–H and O–H groups in total. The summed E-state index contributed by atoms with van der Waals surface area (Å²) in [5.74, 6) is 0.651. The molecule has 0 bridgehead atoms. The zero-order chi connectivity index (χ0) is 15.7. The number of methoxy groups -OCH3 is 1. The molecule has 0 aliphatic heterocycles. The van der Waals surface area contributed by atoms with Gasteiger partial charge in [-0.1, -0.05) is 26.0 Å². The van der Waals surface area contributed by atoms with Gasteiger partial charge in [-0.05, 0) is 42.0 Å². The fourth-order valence-electron chi connectivity index (χ4n) is 1.95. The van der Waals surface area contributed by atoms with Crippen LogP contribution in [0.15, 0.2) is 30.3 Å². The van der Waals surface area contributed by atoms with Gasteiger partial charge in [0.2, 0.25) is 5.91 Å². The third kappa shape index (κ3) is 6.95. The van der Waals surface area contributed by atoms with Crippen LogP contribution in [0.1, 0.15) is 32.3 Å². The first-order valence-electron chi connectivity index (χ1n) is 7.18. The van der Waals surface area contributed by atoms with Crippen molar-refractivity contribution in [2.75, 3.05) is 20.3 Å². The SMILES string of the molecule is COc1cccc(/C=C/C(=O)NCC(C)(C)CCCO)c1. The van der Waals surface area contributed by atoms with Gasteiger partial charge in [-0.2, -0.15) is 0 Å². The predicted molar refractivity (Wildman–Crippen MR) is 85.1 cm³/mol. The van der Waals surface area contributed by atoms with Crippen LogP contribution in [0.25, 0.3) is 6.08 Å². The smallest absolute Gasteiger partial charge is 0.244 e. The fraction of sp³-hybridized carbons (Fsp3) is 0.471. The molecule has 0 aliphatic rings. The number of ether oxygens (including phenoxy) is 1. The highest BCUT2D eigenvalue weighted by Gasteiger charge is 2.17. The largest absolute Gasteiger partial charge is 0.497 e. The first kappa shape index (κ1) is 17.2. The Hall–Kier alpha value is -1.81. The summed E-state index contributed by atoms with van der Waals surface area (Å²) in [5.41, 5.74) is 0.909. The van der Waals surface area contributed by atoms with Crippen molar-refractivity contribution < 1.29 is 14.6 Å². The third-order valence-corrected chi connectivity index (χ3v) is 3.27. The van der Waals surface area contributed by atoms with Crippen LogP contribution < -0.4 is 10.1 Å². The molecule has 0 aromatic heterocycles. The second kappa shape index (κ2) is 8.47. The topological polar surface area (TPSA) is 58.6 Å². The number of amides is 1. The zero-order valence-corrected chi connectivity index (χ0v) is 13.1. The van der Waals surface area contributed by atoms with Crippen molar-refractivity contribution in [3.8, 4) is 5.75 Å². The number of carbonyl (C=O) groups excluding carboxylic acids is 1. The Kier molecular flexibility index (Phi) is 6.96. The van der Waals surface area contributed by atoms with Crippen LogP contribution in [-0.2, 0) is 4.79 Å². The summed E-state index contributed by atoms with van der Waals surface area (Å²) in [4.78, 5) is 11.8. The Morgan fingerprint density at radius 1 is 1.43 bits per heavy atom. The molecule has 1 amide bonds. The minimum absolute atomic E-state index is 0.0117. The number of benzene rings is 1. The van der Waals surface area contributed by atoms with Gasteiger partial charge in [-0.3, -0.25) is 4.79 Å². The highest BCUT2D eigenvalue weighted by Crippen LogP contribution is 2.20. The molecular formula is C17H25NO3. The zero-order valence-electron chi connectivity index (χ0n) is 13.1. The lowest BCUT2D eigenvalue weighted by molar-refractivity contribution is -0.116. The lowest BCUT2D eigenvalue weighted by atomic mass is 9.88. The van der Waals surface area contributed by atoms with Crippen molar-refractivity contribution in [2.45, 2.75) is 26.7 Å². The summed E-state index contributed by atoms with van der Waals surface area (Å²) in [6.45, 7) is 4.94. The Morgan fingerprint density at radius 3 is 2.86 bits per heavy atom. The van der Waals surface area contributed by atoms with Gasteiger partial charge in [0.25, 0.3) is 0 Å². The molecule has 4 nitrogen and oxygen atoms in total. The van der Waals surface area contributed by atoms with E-state index in [1.807, 2.05) is 24.3 Å². The first-order valence-corrected chi connectivity index (χ1v) is 7.18. The van der Waals surface area contributed by atoms with Gasteiger partial charge >= 0.3 is 0 Å². The summed E-state index contributed by atoms with van der Waals surface area (Å²) >= 11 is 0. The van der Waals surface area contributed by atoms with E-state index in [1.54, 1.807) is 13.2 Å². The summed E-state index contributed by atoms with van der Waals surface area (Å²) in [5, 5.41) is 11.7. The number of rotatable bonds is 8. The van der Waals surface area contributed by atoms with Crippen LogP contribution in [0.2, 0.25) is 0 Å². The van der Waals surface area contributed by atoms with E-state index in [0.29, 0.717) is 6.54 Å². The molecule has 4 heteroatoms. The Labute approximate surface area is 126 Å². The van der Waals surface area contributed by atoms with Crippen molar-refractivity contribution in [1.82, 2.24) is 5.32 Å². The van der Waals surface area contributed by atoms with E-state index in [-0.39, 0.29) is 17.9 Å². The number of hydrogen-bond acceptors (Lipinski definition) is 3. The number of hydrogen-bond donors (Lipinski definition) is 2. The summed E-state index contributed by atoms with van der Waals surface area (Å²) in [7, 11) is 1.62. The molecule has 0 unspecified atom stereocenters. The molecule has 0 fully saturated rings. The summed E-state index contributed by atoms with van der Waals surface area (Å²) in [6, 6.07) is 7.53. The van der Waals surface area contributed by atoms with E-state index in [4.69, 9.17) is 9.84 Å². The van der Waals surface area contributed by atoms with Gasteiger partial charge in [0.05, 0.1) is 7.11 Å². The highest BCUT2D eigenvalue weighted by atomic mass is 16.5. The van der Waals surface area contributed by atoms with Gasteiger partial charge in [-0.25, -0.2) is 0 Å². The van der Waals surface area contributed by atoms with Gasteiger partial charge in [0.1, 0.15) is 5.75 Å². The maximum absolute atomic E-state index is 11.8. The van der Waals surface area contributed by atoms with Gasteiger partial charge in [0.15, 0.2) is 0 Å². The molecule has 0 saturated heterocycles. The molecule has 1 aromatic rings. The van der Waals surface area contributed by atoms with Crippen molar-refractivity contribution in [3.05, 3.63) is 35.9 Å². The molecule has 116 valence electrons. The number of aliphatic hydroxyl groups excluding tert-OH is 1. The maximum atomic E-state index is 11.8. The Bertz CT molecular complexity index is 481. The van der Waals surface area contributed by atoms with Gasteiger partial charge in [-0.15, -0.1) is 0 Å². The predicted octanol–water partition coefficient (Wildman–Crippen LogP) is 2.62. The molecule has 1 rings (SSSR count). The molecule has 0 saturated carbocycles. The van der Waals surface area contributed by atoms with Crippen LogP contribution >= 0.6 is 0 Å². The van der Waals surface area contributed by atoms with E-state index in [1.165, 1.54) is 6.08 Å². The van der Waals surface area contributed by atoms with Gasteiger partial charge < -0.3 is 15.2 Å². The molecule has 0 radical (unpaired) electrons. The number of nitrogens with one attached hydrogen (secondary N) is 1. The Balaban J connectivity index is 2.47. The van der Waals surface area contributed by atoms with E-state index in [2.05, 4.69) is 19.2 Å². The quantitative estimate of drug-likeness (QED) is 0.724. The van der Waals surface area contributed by atoms with E-state index in [9.17, 15) is 4.79 Å². The number of carbonyl (C=O) groups is 1. The fourth-order valence-corrected chi connectivity index (χ4v) is 1.95. The maximum Gasteiger partial charge on any atom is 0.244 e. The van der Waals surface area contributed by atoms with Crippen LogP contribution in [0.4, 0.5) is 0 Å². The summed E-state index contributed by atoms with van der Waals surface area (Å²) < 4.78 is 5.14. The Morgan fingerprint density at radius 2 is 2.19 bits per heavy atom. The van der Waals surface area contributed by atoms with Gasteiger partial charge in [0, 0.05) is 19.2 Å². The third-order valence-electron chi connectivity index (χ3n) is 3.27. The standard InChI is InChI=1S/C17H25NO3/c1-17(2,10-5-11-19)13-18-16(20)9-8-14-6-4-7-15(12-14)21-3/h4,6-9,12,19H,5,10-11,13H2,1-3H3,(H,18,20)/b9-8+. The van der Waals surface area contributed by atoms with Crippen molar-refractivity contribution >= 4 is 12.0 Å². The van der Waals surface area contributed by atoms with E-state index >= 15 is 0 Å². The van der Waals surface area contributed by atoms with Crippen LogP contribution in [-0.4, -0.2) is 31.3 Å². The average molecular weight is 291 g/mol. The van der Waals surface area contributed by atoms with Crippen molar-refractivity contribution in [2.24, 2.45) is 5.41 Å². The second-order valence-electron chi connectivity index (χ2n) is 5.82. The molecule has 0 heterocycles. The van der Waals surface area contributed by atoms with Crippen molar-refractivity contribution in [1.29, 1.82) is 0 Å². The van der Waals surface area contributed by atoms with E-state index < -0.39 is 0 Å². The lowest BCUT2D eigenvalue weighted by Gasteiger charge is -2.24. The van der Waals surface area contributed by atoms with Crippen LogP contribution in [0.3, 0.4) is 0 Å². The minimum atomic E-state index is -0.116. The van der Waals surface area contributed by atoms with E-state index in [0.717, 1.165) is 24.2 Å². The molecule has 0 atom stereocenters. The number of aliphatic hydroxyl groups is 1. The molecule has 1 aromatic carbocycles. The van der Waals surface area contributed by atoms with Crippen LogP contribution in [0, 0.1) is 5.41 Å². The molecule has 21 heavy (non-hydrogen) atoms. The molecular weight excluding hydrogens is 266 g/mol. The minimum Gasteiger partial charge on any atom is -0.497 e. The monoisotopic (exact) mass is 291 g/mol. The van der Waals surface area contributed by atoms with Crippen LogP contribution in [0.5, 0.6) is 5.75 Å². The normalized spacial score (nSPS) is 11.6. The molecule has 0 aliphatic carbocycles. The van der Waals surface area contributed by atoms with Crippen molar-refractivity contribution in [3.63, 3.8) is 0 Å². The second-order valence-corrected chi connectivity index (χ2v) is 5.82.